The van der Waals surface area contributed by atoms with Crippen LogP contribution in [0.1, 0.15) is 12.0 Å². The van der Waals surface area contributed by atoms with Gasteiger partial charge in [0.05, 0.1) is 20.1 Å². The van der Waals surface area contributed by atoms with Crippen molar-refractivity contribution in [1.29, 1.82) is 0 Å². The fourth-order valence-corrected chi connectivity index (χ4v) is 2.51. The van der Waals surface area contributed by atoms with E-state index >= 15 is 0 Å². The largest absolute Gasteiger partial charge is 0.497 e. The molecule has 0 fully saturated rings. The molecule has 0 atom stereocenters. The highest BCUT2D eigenvalue weighted by Crippen LogP contribution is 2.17. The number of nitrogens with two attached hydrogens (primary N) is 1. The minimum Gasteiger partial charge on any atom is -0.497 e. The summed E-state index contributed by atoms with van der Waals surface area (Å²) >= 11 is 0. The van der Waals surface area contributed by atoms with E-state index in [0.717, 1.165) is 17.9 Å². The second-order valence-electron chi connectivity index (χ2n) is 5.68. The highest BCUT2D eigenvalue weighted by atomic mass is 35.5. The van der Waals surface area contributed by atoms with Crippen LogP contribution in [0.15, 0.2) is 54.6 Å². The number of amides is 1. The predicted molar refractivity (Wildman–Crippen MR) is 106 cm³/mol. The Balaban J connectivity index is 0.00000338. The van der Waals surface area contributed by atoms with Gasteiger partial charge in [-0.15, -0.1) is 12.4 Å². The van der Waals surface area contributed by atoms with Crippen molar-refractivity contribution in [2.24, 2.45) is 5.73 Å². The fraction of sp³-hybridized carbons (Fsp3) is 0.350. The molecule has 1 amide bonds. The Morgan fingerprint density at radius 2 is 1.65 bits per heavy atom. The van der Waals surface area contributed by atoms with Crippen LogP contribution in [0.25, 0.3) is 0 Å². The van der Waals surface area contributed by atoms with Crippen LogP contribution in [0.4, 0.5) is 0 Å². The number of nitrogens with zero attached hydrogens (tertiary/aromatic N) is 1. The predicted octanol–water partition coefficient (Wildman–Crippen LogP) is 2.92. The van der Waals surface area contributed by atoms with E-state index in [4.69, 9.17) is 15.2 Å². The zero-order chi connectivity index (χ0) is 17.9. The number of hydrogen-bond donors (Lipinski definition) is 1. The third-order valence-electron chi connectivity index (χ3n) is 3.91. The van der Waals surface area contributed by atoms with Crippen molar-refractivity contribution in [3.63, 3.8) is 0 Å². The first-order valence-electron chi connectivity index (χ1n) is 8.51. The van der Waals surface area contributed by atoms with Crippen molar-refractivity contribution >= 4 is 18.3 Å². The summed E-state index contributed by atoms with van der Waals surface area (Å²) in [5.41, 5.74) is 6.86. The summed E-state index contributed by atoms with van der Waals surface area (Å²) in [6, 6.07) is 17.5. The molecule has 2 aromatic carbocycles. The lowest BCUT2D eigenvalue weighted by atomic mass is 10.1. The van der Waals surface area contributed by atoms with Crippen LogP contribution in [0.5, 0.6) is 11.5 Å². The molecule has 2 rings (SSSR count). The van der Waals surface area contributed by atoms with Crippen LogP contribution in [0.2, 0.25) is 0 Å². The second-order valence-corrected chi connectivity index (χ2v) is 5.68. The molecule has 6 heteroatoms. The first-order valence-corrected chi connectivity index (χ1v) is 8.51. The molecular weight excluding hydrogens is 352 g/mol. The van der Waals surface area contributed by atoms with Crippen LogP contribution in [-0.4, -0.2) is 44.2 Å². The van der Waals surface area contributed by atoms with E-state index < -0.39 is 0 Å². The molecule has 0 aliphatic heterocycles. The zero-order valence-corrected chi connectivity index (χ0v) is 15.9. The van der Waals surface area contributed by atoms with E-state index in [0.29, 0.717) is 32.7 Å². The lowest BCUT2D eigenvalue weighted by Gasteiger charge is -2.22. The van der Waals surface area contributed by atoms with Gasteiger partial charge >= 0.3 is 0 Å². The van der Waals surface area contributed by atoms with Crippen molar-refractivity contribution in [2.45, 2.75) is 12.8 Å². The van der Waals surface area contributed by atoms with E-state index in [1.54, 1.807) is 7.11 Å². The number of hydrogen-bond acceptors (Lipinski definition) is 4. The molecule has 0 saturated carbocycles. The van der Waals surface area contributed by atoms with E-state index in [1.807, 2.05) is 47.4 Å². The Morgan fingerprint density at radius 1 is 1.00 bits per heavy atom. The van der Waals surface area contributed by atoms with Gasteiger partial charge in [-0.2, -0.15) is 0 Å². The maximum absolute atomic E-state index is 12.4. The van der Waals surface area contributed by atoms with Crippen molar-refractivity contribution in [1.82, 2.24) is 4.90 Å². The Morgan fingerprint density at radius 3 is 2.27 bits per heavy atom. The van der Waals surface area contributed by atoms with Crippen molar-refractivity contribution < 1.29 is 14.3 Å². The standard InChI is InChI=1S/C20H26N2O3.ClH/c1-24-18-7-9-19(10-8-18)25-16-12-20(23)22(15-13-21)14-11-17-5-3-2-4-6-17;/h2-10H,11-16,21H2,1H3;1H. The summed E-state index contributed by atoms with van der Waals surface area (Å²) in [4.78, 5) is 14.2. The summed E-state index contributed by atoms with van der Waals surface area (Å²) in [6.07, 6.45) is 1.16. The molecule has 0 aromatic heterocycles. The molecule has 0 radical (unpaired) electrons. The van der Waals surface area contributed by atoms with Crippen molar-refractivity contribution in [3.8, 4) is 11.5 Å². The lowest BCUT2D eigenvalue weighted by Crippen LogP contribution is -2.37. The van der Waals surface area contributed by atoms with Crippen LogP contribution < -0.4 is 15.2 Å². The number of methoxy groups -OCH3 is 1. The van der Waals surface area contributed by atoms with Gasteiger partial charge < -0.3 is 20.1 Å². The molecule has 0 saturated heterocycles. The second kappa shape index (κ2) is 12.2. The molecule has 5 nitrogen and oxygen atoms in total. The fourth-order valence-electron chi connectivity index (χ4n) is 2.51. The quantitative estimate of drug-likeness (QED) is 0.690. The van der Waals surface area contributed by atoms with E-state index in [1.165, 1.54) is 5.56 Å². The molecule has 2 N–H and O–H groups in total. The van der Waals surface area contributed by atoms with E-state index in [2.05, 4.69) is 12.1 Å². The molecule has 0 aliphatic rings. The van der Waals surface area contributed by atoms with Gasteiger partial charge in [0.25, 0.3) is 0 Å². The van der Waals surface area contributed by atoms with Crippen LogP contribution >= 0.6 is 12.4 Å². The zero-order valence-electron chi connectivity index (χ0n) is 15.1. The van der Waals surface area contributed by atoms with Gasteiger partial charge in [-0.25, -0.2) is 0 Å². The minimum atomic E-state index is 0. The third kappa shape index (κ3) is 7.33. The van der Waals surface area contributed by atoms with Gasteiger partial charge in [-0.1, -0.05) is 30.3 Å². The molecule has 2 aromatic rings. The molecule has 0 unspecified atom stereocenters. The molecule has 0 bridgehead atoms. The minimum absolute atomic E-state index is 0. The van der Waals surface area contributed by atoms with Gasteiger partial charge in [-0.3, -0.25) is 4.79 Å². The summed E-state index contributed by atoms with van der Waals surface area (Å²) in [5.74, 6) is 1.57. The topological polar surface area (TPSA) is 64.8 Å². The van der Waals surface area contributed by atoms with Crippen LogP contribution in [0.3, 0.4) is 0 Å². The van der Waals surface area contributed by atoms with Crippen LogP contribution in [0, 0.1) is 0 Å². The average Bonchev–Trinajstić information content (AvgIpc) is 2.66. The smallest absolute Gasteiger partial charge is 0.226 e. The Hall–Kier alpha value is -2.24. The summed E-state index contributed by atoms with van der Waals surface area (Å²) < 4.78 is 10.7. The summed E-state index contributed by atoms with van der Waals surface area (Å²) in [7, 11) is 1.62. The van der Waals surface area contributed by atoms with Crippen molar-refractivity contribution in [2.75, 3.05) is 33.4 Å². The average molecular weight is 379 g/mol. The molecule has 26 heavy (non-hydrogen) atoms. The highest BCUT2D eigenvalue weighted by molar-refractivity contribution is 5.85. The first kappa shape index (κ1) is 21.8. The molecule has 0 spiro atoms. The monoisotopic (exact) mass is 378 g/mol. The number of halogens is 1. The molecule has 142 valence electrons. The number of ether oxygens (including phenoxy) is 2. The Kier molecular flexibility index (Phi) is 10.2. The molecule has 0 heterocycles. The summed E-state index contributed by atoms with van der Waals surface area (Å²) in [5, 5.41) is 0. The molecule has 0 aliphatic carbocycles. The number of benzene rings is 2. The third-order valence-corrected chi connectivity index (χ3v) is 3.91. The number of carbonyl (C=O) groups excluding carboxylic acids is 1. The number of rotatable bonds is 10. The maximum atomic E-state index is 12.4. The van der Waals surface area contributed by atoms with Crippen LogP contribution in [-0.2, 0) is 11.2 Å². The number of carbonyl (C=O) groups is 1. The molecular formula is C20H27ClN2O3. The first-order chi connectivity index (χ1) is 12.2. The lowest BCUT2D eigenvalue weighted by molar-refractivity contribution is -0.131. The van der Waals surface area contributed by atoms with Gasteiger partial charge in [0.1, 0.15) is 11.5 Å². The van der Waals surface area contributed by atoms with E-state index in [-0.39, 0.29) is 18.3 Å². The van der Waals surface area contributed by atoms with Crippen molar-refractivity contribution in [3.05, 3.63) is 60.2 Å². The van der Waals surface area contributed by atoms with Gasteiger partial charge in [0, 0.05) is 19.6 Å². The van der Waals surface area contributed by atoms with Gasteiger partial charge in [0.15, 0.2) is 0 Å². The normalized spacial score (nSPS) is 9.92. The van der Waals surface area contributed by atoms with Gasteiger partial charge in [-0.05, 0) is 36.2 Å². The van der Waals surface area contributed by atoms with E-state index in [9.17, 15) is 4.79 Å². The maximum Gasteiger partial charge on any atom is 0.226 e. The highest BCUT2D eigenvalue weighted by Gasteiger charge is 2.13. The Labute approximate surface area is 161 Å². The van der Waals surface area contributed by atoms with Gasteiger partial charge in [0.2, 0.25) is 5.91 Å². The Bertz CT molecular complexity index is 635. The SMILES string of the molecule is COc1ccc(OCCC(=O)N(CCN)CCc2ccccc2)cc1.Cl. The summed E-state index contributed by atoms with van der Waals surface area (Å²) in [6.45, 7) is 2.04.